The van der Waals surface area contributed by atoms with Gasteiger partial charge in [0.15, 0.2) is 0 Å². The van der Waals surface area contributed by atoms with E-state index in [4.69, 9.17) is 0 Å². The molecule has 0 saturated heterocycles. The van der Waals surface area contributed by atoms with Crippen LogP contribution in [-0.4, -0.2) is 15.0 Å². The van der Waals surface area contributed by atoms with Crippen LogP contribution in [0.25, 0.3) is 22.6 Å². The van der Waals surface area contributed by atoms with Gasteiger partial charge in [-0.2, -0.15) is 0 Å². The molecule has 3 rings (SSSR count). The maximum Gasteiger partial charge on any atom is 0.107 e. The minimum Gasteiger partial charge on any atom is -0.256 e. The van der Waals surface area contributed by atoms with E-state index in [1.807, 2.05) is 48.5 Å². The summed E-state index contributed by atoms with van der Waals surface area (Å²) in [6.07, 6.45) is 3.54. The smallest absolute Gasteiger partial charge is 0.107 e. The molecule has 0 aliphatic carbocycles. The summed E-state index contributed by atoms with van der Waals surface area (Å²) in [5.41, 5.74) is 3.61. The summed E-state index contributed by atoms with van der Waals surface area (Å²) in [4.78, 5) is 13.1. The van der Waals surface area contributed by atoms with Gasteiger partial charge in [0.2, 0.25) is 0 Å². The molecule has 3 heterocycles. The van der Waals surface area contributed by atoms with Crippen LogP contribution in [0.2, 0.25) is 0 Å². The molecule has 3 aromatic heterocycles. The van der Waals surface area contributed by atoms with Gasteiger partial charge in [-0.3, -0.25) is 9.97 Å². The third-order valence-electron chi connectivity index (χ3n) is 2.68. The van der Waals surface area contributed by atoms with E-state index in [1.54, 1.807) is 12.4 Å². The second kappa shape index (κ2) is 5.28. The number of hydrogen-bond donors (Lipinski definition) is 0. The number of hydrogen-bond acceptors (Lipinski definition) is 3. The largest absolute Gasteiger partial charge is 0.256 e. The summed E-state index contributed by atoms with van der Waals surface area (Å²) in [6, 6.07) is 15.6. The number of aromatic nitrogens is 3. The third-order valence-corrected chi connectivity index (χ3v) is 3.09. The zero-order valence-corrected chi connectivity index (χ0v) is 11.6. The van der Waals surface area contributed by atoms with Crippen LogP contribution in [0.1, 0.15) is 0 Å². The number of rotatable bonds is 2. The minimum absolute atomic E-state index is 0.774. The summed E-state index contributed by atoms with van der Waals surface area (Å²) in [5, 5.41) is 0. The second-order valence-electron chi connectivity index (χ2n) is 3.99. The molecule has 0 aliphatic heterocycles. The third kappa shape index (κ3) is 2.69. The van der Waals surface area contributed by atoms with E-state index in [2.05, 4.69) is 30.9 Å². The molecule has 3 aromatic rings. The molecule has 0 atom stereocenters. The molecular weight excluding hydrogens is 302 g/mol. The fourth-order valence-electron chi connectivity index (χ4n) is 1.82. The summed E-state index contributed by atoms with van der Waals surface area (Å²) in [7, 11) is 0. The first-order valence-corrected chi connectivity index (χ1v) is 6.62. The Bertz CT molecular complexity index is 627. The van der Waals surface area contributed by atoms with Crippen molar-refractivity contribution < 1.29 is 0 Å². The maximum absolute atomic E-state index is 4.46. The second-order valence-corrected chi connectivity index (χ2v) is 4.81. The molecule has 0 fully saturated rings. The SMILES string of the molecule is Brc1cc(-c2ccccn2)cc(-c2ccccn2)n1. The number of pyridine rings is 3. The standard InChI is InChI=1S/C15H10BrN3/c16-15-10-11(12-5-1-3-7-17-12)9-14(19-15)13-6-2-4-8-18-13/h1-10H. The van der Waals surface area contributed by atoms with Gasteiger partial charge >= 0.3 is 0 Å². The molecular formula is C15H10BrN3. The van der Waals surface area contributed by atoms with E-state index in [0.717, 1.165) is 27.2 Å². The van der Waals surface area contributed by atoms with Gasteiger partial charge in [0.05, 0.1) is 17.1 Å². The first-order valence-electron chi connectivity index (χ1n) is 5.83. The van der Waals surface area contributed by atoms with Gasteiger partial charge in [0.1, 0.15) is 4.60 Å². The van der Waals surface area contributed by atoms with Crippen LogP contribution in [0.4, 0.5) is 0 Å². The van der Waals surface area contributed by atoms with Crippen LogP contribution in [0.5, 0.6) is 0 Å². The number of halogens is 1. The van der Waals surface area contributed by atoms with Gasteiger partial charge in [-0.1, -0.05) is 12.1 Å². The number of nitrogens with zero attached hydrogens (tertiary/aromatic N) is 3. The van der Waals surface area contributed by atoms with E-state index in [0.29, 0.717) is 0 Å². The van der Waals surface area contributed by atoms with Crippen LogP contribution in [0, 0.1) is 0 Å². The van der Waals surface area contributed by atoms with Gasteiger partial charge in [-0.25, -0.2) is 4.98 Å². The van der Waals surface area contributed by atoms with Gasteiger partial charge < -0.3 is 0 Å². The molecule has 0 radical (unpaired) electrons. The van der Waals surface area contributed by atoms with Gasteiger partial charge in [0, 0.05) is 18.0 Å². The monoisotopic (exact) mass is 311 g/mol. The van der Waals surface area contributed by atoms with Crippen LogP contribution >= 0.6 is 15.9 Å². The van der Waals surface area contributed by atoms with Crippen LogP contribution in [-0.2, 0) is 0 Å². The van der Waals surface area contributed by atoms with Crippen molar-refractivity contribution in [3.8, 4) is 22.6 Å². The molecule has 0 aliphatic rings. The average Bonchev–Trinajstić information content (AvgIpc) is 2.48. The lowest BCUT2D eigenvalue weighted by Crippen LogP contribution is -1.90. The minimum atomic E-state index is 0.774. The molecule has 0 saturated carbocycles. The van der Waals surface area contributed by atoms with Crippen molar-refractivity contribution in [2.45, 2.75) is 0 Å². The molecule has 0 N–H and O–H groups in total. The lowest BCUT2D eigenvalue weighted by atomic mass is 10.1. The molecule has 0 spiro atoms. The zero-order valence-electron chi connectivity index (χ0n) is 9.99. The Balaban J connectivity index is 2.12. The fraction of sp³-hybridized carbons (Fsp3) is 0. The van der Waals surface area contributed by atoms with E-state index in [-0.39, 0.29) is 0 Å². The molecule has 0 bridgehead atoms. The highest BCUT2D eigenvalue weighted by Crippen LogP contribution is 2.25. The predicted molar refractivity (Wildman–Crippen MR) is 78.4 cm³/mol. The lowest BCUT2D eigenvalue weighted by Gasteiger charge is -2.05. The first kappa shape index (κ1) is 12.0. The van der Waals surface area contributed by atoms with E-state index < -0.39 is 0 Å². The highest BCUT2D eigenvalue weighted by Gasteiger charge is 2.06. The molecule has 0 unspecified atom stereocenters. The van der Waals surface area contributed by atoms with Crippen molar-refractivity contribution in [1.29, 1.82) is 0 Å². The van der Waals surface area contributed by atoms with Crippen LogP contribution in [0.15, 0.2) is 65.5 Å². The molecule has 4 heteroatoms. The molecule has 19 heavy (non-hydrogen) atoms. The average molecular weight is 312 g/mol. The molecule has 3 nitrogen and oxygen atoms in total. The molecule has 92 valence electrons. The Morgan fingerprint density at radius 1 is 0.737 bits per heavy atom. The van der Waals surface area contributed by atoms with Crippen LogP contribution < -0.4 is 0 Å². The zero-order chi connectivity index (χ0) is 13.1. The highest BCUT2D eigenvalue weighted by atomic mass is 79.9. The Labute approximate surface area is 119 Å². The van der Waals surface area contributed by atoms with Gasteiger partial charge in [0.25, 0.3) is 0 Å². The van der Waals surface area contributed by atoms with Crippen molar-refractivity contribution in [1.82, 2.24) is 15.0 Å². The molecule has 0 aromatic carbocycles. The Morgan fingerprint density at radius 3 is 2.05 bits per heavy atom. The predicted octanol–water partition coefficient (Wildman–Crippen LogP) is 3.97. The van der Waals surface area contributed by atoms with Crippen molar-refractivity contribution >= 4 is 15.9 Å². The first-order chi connectivity index (χ1) is 9.33. The van der Waals surface area contributed by atoms with E-state index in [9.17, 15) is 0 Å². The van der Waals surface area contributed by atoms with Crippen molar-refractivity contribution in [2.75, 3.05) is 0 Å². The van der Waals surface area contributed by atoms with Gasteiger partial charge in [-0.15, -0.1) is 0 Å². The van der Waals surface area contributed by atoms with Gasteiger partial charge in [-0.05, 0) is 52.3 Å². The maximum atomic E-state index is 4.46. The normalized spacial score (nSPS) is 10.4. The topological polar surface area (TPSA) is 38.7 Å². The highest BCUT2D eigenvalue weighted by molar-refractivity contribution is 9.10. The van der Waals surface area contributed by atoms with Crippen LogP contribution in [0.3, 0.4) is 0 Å². The Kier molecular flexibility index (Phi) is 3.33. The van der Waals surface area contributed by atoms with E-state index in [1.165, 1.54) is 0 Å². The Morgan fingerprint density at radius 2 is 1.42 bits per heavy atom. The quantitative estimate of drug-likeness (QED) is 0.672. The van der Waals surface area contributed by atoms with E-state index >= 15 is 0 Å². The van der Waals surface area contributed by atoms with Crippen molar-refractivity contribution in [2.24, 2.45) is 0 Å². The molecule has 0 amide bonds. The van der Waals surface area contributed by atoms with Crippen molar-refractivity contribution in [3.63, 3.8) is 0 Å². The summed E-state index contributed by atoms with van der Waals surface area (Å²) >= 11 is 3.44. The Hall–Kier alpha value is -2.07. The summed E-state index contributed by atoms with van der Waals surface area (Å²) in [6.45, 7) is 0. The summed E-state index contributed by atoms with van der Waals surface area (Å²) < 4.78 is 0.774. The lowest BCUT2D eigenvalue weighted by molar-refractivity contribution is 1.21. The fourth-order valence-corrected chi connectivity index (χ4v) is 2.26. The summed E-state index contributed by atoms with van der Waals surface area (Å²) in [5.74, 6) is 0. The van der Waals surface area contributed by atoms with Crippen molar-refractivity contribution in [3.05, 3.63) is 65.5 Å².